The molecule has 0 fully saturated rings. The zero-order valence-corrected chi connectivity index (χ0v) is 15.1. The minimum atomic E-state index is -0.320. The largest absolute Gasteiger partial charge is 0.484 e. The summed E-state index contributed by atoms with van der Waals surface area (Å²) >= 11 is 9.25. The predicted octanol–water partition coefficient (Wildman–Crippen LogP) is 4.33. The van der Waals surface area contributed by atoms with Gasteiger partial charge in [0.25, 0.3) is 5.91 Å². The predicted molar refractivity (Wildman–Crippen MR) is 96.2 cm³/mol. The zero-order chi connectivity index (χ0) is 16.8. The van der Waals surface area contributed by atoms with Gasteiger partial charge in [-0.05, 0) is 55.3 Å². The summed E-state index contributed by atoms with van der Waals surface area (Å²) in [6.07, 6.45) is 0. The molecular formula is C17H16BrClN2O2. The smallest absolute Gasteiger partial charge is 0.277 e. The normalized spacial score (nSPS) is 11.2. The van der Waals surface area contributed by atoms with Crippen LogP contribution in [0, 0.1) is 6.92 Å². The van der Waals surface area contributed by atoms with Gasteiger partial charge in [-0.2, -0.15) is 5.10 Å². The maximum Gasteiger partial charge on any atom is 0.277 e. The molecule has 0 atom stereocenters. The van der Waals surface area contributed by atoms with Gasteiger partial charge in [0.1, 0.15) is 5.75 Å². The molecule has 1 N–H and O–H groups in total. The molecular weight excluding hydrogens is 380 g/mol. The van der Waals surface area contributed by atoms with Gasteiger partial charge >= 0.3 is 0 Å². The van der Waals surface area contributed by atoms with Crippen LogP contribution in [-0.2, 0) is 4.79 Å². The maximum absolute atomic E-state index is 11.8. The molecule has 0 spiro atoms. The second kappa shape index (κ2) is 8.13. The molecule has 0 aliphatic heterocycles. The maximum atomic E-state index is 11.8. The highest BCUT2D eigenvalue weighted by molar-refractivity contribution is 9.10. The summed E-state index contributed by atoms with van der Waals surface area (Å²) in [7, 11) is 0. The van der Waals surface area contributed by atoms with Crippen molar-refractivity contribution in [2.45, 2.75) is 13.8 Å². The lowest BCUT2D eigenvalue weighted by atomic mass is 10.1. The standard InChI is InChI=1S/C17H16BrClN2O2/c1-11-9-15(7-8-16(11)18)23-10-17(22)21-20-12(2)13-3-5-14(19)6-4-13/h3-9H,10H2,1-2H3,(H,21,22). The van der Waals surface area contributed by atoms with E-state index < -0.39 is 0 Å². The number of hydrogen-bond donors (Lipinski definition) is 1. The number of benzene rings is 2. The Kier molecular flexibility index (Phi) is 6.19. The van der Waals surface area contributed by atoms with Crippen LogP contribution in [0.2, 0.25) is 5.02 Å². The van der Waals surface area contributed by atoms with E-state index in [2.05, 4.69) is 26.5 Å². The van der Waals surface area contributed by atoms with Crippen molar-refractivity contribution in [3.8, 4) is 5.75 Å². The monoisotopic (exact) mass is 394 g/mol. The average molecular weight is 396 g/mol. The van der Waals surface area contributed by atoms with E-state index in [1.165, 1.54) is 0 Å². The van der Waals surface area contributed by atoms with Crippen LogP contribution in [-0.4, -0.2) is 18.2 Å². The van der Waals surface area contributed by atoms with E-state index >= 15 is 0 Å². The zero-order valence-electron chi connectivity index (χ0n) is 12.8. The Morgan fingerprint density at radius 3 is 2.61 bits per heavy atom. The van der Waals surface area contributed by atoms with Gasteiger partial charge in [-0.1, -0.05) is 39.7 Å². The van der Waals surface area contributed by atoms with Crippen molar-refractivity contribution in [1.82, 2.24) is 5.43 Å². The Morgan fingerprint density at radius 1 is 1.26 bits per heavy atom. The number of halogens is 2. The van der Waals surface area contributed by atoms with Crippen LogP contribution in [0.25, 0.3) is 0 Å². The Hall–Kier alpha value is -1.85. The van der Waals surface area contributed by atoms with E-state index in [-0.39, 0.29) is 12.5 Å². The summed E-state index contributed by atoms with van der Waals surface area (Å²) in [5.41, 5.74) is 5.09. The van der Waals surface area contributed by atoms with Gasteiger partial charge in [0.15, 0.2) is 6.61 Å². The minimum Gasteiger partial charge on any atom is -0.484 e. The first-order valence-electron chi connectivity index (χ1n) is 6.94. The van der Waals surface area contributed by atoms with Crippen molar-refractivity contribution in [3.05, 3.63) is 63.1 Å². The fourth-order valence-corrected chi connectivity index (χ4v) is 2.16. The summed E-state index contributed by atoms with van der Waals surface area (Å²) in [5, 5.41) is 4.71. The van der Waals surface area contributed by atoms with Gasteiger partial charge in [0.2, 0.25) is 0 Å². The van der Waals surface area contributed by atoms with Crippen LogP contribution in [0.1, 0.15) is 18.1 Å². The topological polar surface area (TPSA) is 50.7 Å². The quantitative estimate of drug-likeness (QED) is 0.605. The molecule has 0 unspecified atom stereocenters. The van der Waals surface area contributed by atoms with Crippen molar-refractivity contribution in [3.63, 3.8) is 0 Å². The second-order valence-electron chi connectivity index (χ2n) is 4.94. The lowest BCUT2D eigenvalue weighted by molar-refractivity contribution is -0.123. The van der Waals surface area contributed by atoms with Crippen molar-refractivity contribution < 1.29 is 9.53 Å². The first-order chi connectivity index (χ1) is 11.0. The molecule has 0 heterocycles. The Labute approximate surface area is 148 Å². The number of hydrogen-bond acceptors (Lipinski definition) is 3. The summed E-state index contributed by atoms with van der Waals surface area (Å²) in [5.74, 6) is 0.318. The molecule has 0 radical (unpaired) electrons. The van der Waals surface area contributed by atoms with Crippen LogP contribution < -0.4 is 10.2 Å². The summed E-state index contributed by atoms with van der Waals surface area (Å²) in [6.45, 7) is 3.66. The number of hydrazone groups is 1. The van der Waals surface area contributed by atoms with Crippen molar-refractivity contribution >= 4 is 39.1 Å². The molecule has 120 valence electrons. The van der Waals surface area contributed by atoms with Crippen LogP contribution >= 0.6 is 27.5 Å². The number of ether oxygens (including phenoxy) is 1. The van der Waals surface area contributed by atoms with E-state index in [1.807, 2.05) is 38.1 Å². The molecule has 0 saturated carbocycles. The van der Waals surface area contributed by atoms with E-state index in [0.29, 0.717) is 16.5 Å². The van der Waals surface area contributed by atoms with Crippen molar-refractivity contribution in [2.24, 2.45) is 5.10 Å². The molecule has 0 bridgehead atoms. The van der Waals surface area contributed by atoms with Crippen molar-refractivity contribution in [2.75, 3.05) is 6.61 Å². The number of nitrogens with one attached hydrogen (secondary N) is 1. The number of rotatable bonds is 5. The molecule has 4 nitrogen and oxygen atoms in total. The summed E-state index contributed by atoms with van der Waals surface area (Å²) in [6, 6.07) is 12.8. The van der Waals surface area contributed by atoms with Crippen LogP contribution in [0.3, 0.4) is 0 Å². The Balaban J connectivity index is 1.88. The summed E-state index contributed by atoms with van der Waals surface area (Å²) in [4.78, 5) is 11.8. The SMILES string of the molecule is CC(=NNC(=O)COc1ccc(Br)c(C)c1)c1ccc(Cl)cc1. The van der Waals surface area contributed by atoms with Gasteiger partial charge in [-0.15, -0.1) is 0 Å². The van der Waals surface area contributed by atoms with E-state index in [4.69, 9.17) is 16.3 Å². The van der Waals surface area contributed by atoms with Crippen LogP contribution in [0.4, 0.5) is 0 Å². The number of nitrogens with zero attached hydrogens (tertiary/aromatic N) is 1. The van der Waals surface area contributed by atoms with E-state index in [1.54, 1.807) is 18.2 Å². The molecule has 0 saturated heterocycles. The van der Waals surface area contributed by atoms with Crippen molar-refractivity contribution in [1.29, 1.82) is 0 Å². The molecule has 0 aromatic heterocycles. The molecule has 6 heteroatoms. The third-order valence-electron chi connectivity index (χ3n) is 3.11. The highest BCUT2D eigenvalue weighted by Crippen LogP contribution is 2.21. The molecule has 23 heavy (non-hydrogen) atoms. The first-order valence-corrected chi connectivity index (χ1v) is 8.11. The number of carbonyl (C=O) groups excluding carboxylic acids is 1. The van der Waals surface area contributed by atoms with Gasteiger partial charge in [-0.3, -0.25) is 4.79 Å². The Morgan fingerprint density at radius 2 is 1.96 bits per heavy atom. The van der Waals surface area contributed by atoms with E-state index in [0.717, 1.165) is 15.6 Å². The second-order valence-corrected chi connectivity index (χ2v) is 6.23. The van der Waals surface area contributed by atoms with E-state index in [9.17, 15) is 4.79 Å². The van der Waals surface area contributed by atoms with Gasteiger partial charge in [0, 0.05) is 9.50 Å². The molecule has 2 aromatic rings. The molecule has 1 amide bonds. The van der Waals surface area contributed by atoms with Gasteiger partial charge in [-0.25, -0.2) is 5.43 Å². The fourth-order valence-electron chi connectivity index (χ4n) is 1.79. The number of amides is 1. The fraction of sp³-hybridized carbons (Fsp3) is 0.176. The van der Waals surface area contributed by atoms with Gasteiger partial charge < -0.3 is 4.74 Å². The lowest BCUT2D eigenvalue weighted by Gasteiger charge is -2.07. The summed E-state index contributed by atoms with van der Waals surface area (Å²) < 4.78 is 6.44. The third-order valence-corrected chi connectivity index (χ3v) is 4.25. The Bertz CT molecular complexity index is 730. The highest BCUT2D eigenvalue weighted by atomic mass is 79.9. The first kappa shape index (κ1) is 17.5. The molecule has 2 aromatic carbocycles. The third kappa shape index (κ3) is 5.37. The number of carbonyl (C=O) groups is 1. The molecule has 2 rings (SSSR count). The number of aryl methyl sites for hydroxylation is 1. The minimum absolute atomic E-state index is 0.0987. The highest BCUT2D eigenvalue weighted by Gasteiger charge is 2.04. The van der Waals surface area contributed by atoms with Gasteiger partial charge in [0.05, 0.1) is 5.71 Å². The molecule has 0 aliphatic rings. The van der Waals surface area contributed by atoms with Crippen LogP contribution in [0.15, 0.2) is 52.0 Å². The average Bonchev–Trinajstić information content (AvgIpc) is 2.54. The lowest BCUT2D eigenvalue weighted by Crippen LogP contribution is -2.25. The molecule has 0 aliphatic carbocycles. The van der Waals surface area contributed by atoms with Crippen LogP contribution in [0.5, 0.6) is 5.75 Å².